The predicted octanol–water partition coefficient (Wildman–Crippen LogP) is 4.70. The van der Waals surface area contributed by atoms with Crippen molar-refractivity contribution in [2.45, 2.75) is 64.1 Å². The maximum atomic E-state index is 13.1. The lowest BCUT2D eigenvalue weighted by Crippen LogP contribution is -2.47. The number of anilines is 1. The second-order valence-electron chi connectivity index (χ2n) is 9.04. The Balaban J connectivity index is 1.43. The fraction of sp³-hybridized carbons (Fsp3) is 0.708. The maximum absolute atomic E-state index is 13.1. The number of carbonyl (C=O) groups is 1. The molecule has 0 aromatic heterocycles. The molecule has 1 saturated heterocycles. The summed E-state index contributed by atoms with van der Waals surface area (Å²) in [6, 6.07) is 4.01. The lowest BCUT2D eigenvalue weighted by Gasteiger charge is -2.38. The van der Waals surface area contributed by atoms with Crippen molar-refractivity contribution in [3.63, 3.8) is 0 Å². The van der Waals surface area contributed by atoms with Gasteiger partial charge in [-0.3, -0.25) is 9.69 Å². The normalized spacial score (nSPS) is 22.6. The van der Waals surface area contributed by atoms with Crippen LogP contribution in [0.1, 0.15) is 57.4 Å². The zero-order chi connectivity index (χ0) is 23.1. The van der Waals surface area contributed by atoms with Crippen LogP contribution < -0.4 is 15.0 Å². The van der Waals surface area contributed by atoms with Crippen molar-refractivity contribution >= 4 is 11.6 Å². The van der Waals surface area contributed by atoms with Gasteiger partial charge < -0.3 is 15.0 Å². The van der Waals surface area contributed by atoms with Gasteiger partial charge in [-0.05, 0) is 69.2 Å². The highest BCUT2D eigenvalue weighted by Gasteiger charge is 2.32. The first-order valence-corrected chi connectivity index (χ1v) is 11.8. The molecule has 2 fully saturated rings. The Kier molecular flexibility index (Phi) is 8.68. The topological polar surface area (TPSA) is 44.8 Å². The van der Waals surface area contributed by atoms with Crippen LogP contribution in [0.15, 0.2) is 18.2 Å². The molecule has 1 amide bonds. The van der Waals surface area contributed by atoms with Gasteiger partial charge in [-0.15, -0.1) is 0 Å². The number of rotatable bonds is 8. The molecule has 1 aliphatic heterocycles. The highest BCUT2D eigenvalue weighted by atomic mass is 19.4. The van der Waals surface area contributed by atoms with Crippen LogP contribution in [0, 0.1) is 5.92 Å². The quantitative estimate of drug-likeness (QED) is 0.617. The lowest BCUT2D eigenvalue weighted by atomic mass is 9.84. The van der Waals surface area contributed by atoms with Crippen LogP contribution in [-0.4, -0.2) is 56.7 Å². The summed E-state index contributed by atoms with van der Waals surface area (Å²) >= 11 is 0. The SMILES string of the molecule is CCCC(=O)NC1CCC(CCN2CCN(c3cc(C(F)(F)F)ccc3OC)CC2)CC1. The third kappa shape index (κ3) is 6.77. The van der Waals surface area contributed by atoms with Gasteiger partial charge >= 0.3 is 6.18 Å². The zero-order valence-corrected chi connectivity index (χ0v) is 19.2. The van der Waals surface area contributed by atoms with Gasteiger partial charge in [0.1, 0.15) is 5.75 Å². The fourth-order valence-electron chi connectivity index (χ4n) is 4.81. The third-order valence-corrected chi connectivity index (χ3v) is 6.76. The van der Waals surface area contributed by atoms with Gasteiger partial charge in [0.15, 0.2) is 0 Å². The van der Waals surface area contributed by atoms with E-state index in [1.807, 2.05) is 11.8 Å². The first-order chi connectivity index (χ1) is 15.3. The van der Waals surface area contributed by atoms with Crippen LogP contribution in [0.5, 0.6) is 5.75 Å². The molecule has 1 saturated carbocycles. The minimum atomic E-state index is -4.36. The Morgan fingerprint density at radius 1 is 1.12 bits per heavy atom. The van der Waals surface area contributed by atoms with Crippen LogP contribution in [0.4, 0.5) is 18.9 Å². The molecule has 1 aromatic carbocycles. The highest BCUT2D eigenvalue weighted by molar-refractivity contribution is 5.76. The summed E-state index contributed by atoms with van der Waals surface area (Å²) in [7, 11) is 1.49. The third-order valence-electron chi connectivity index (χ3n) is 6.76. The molecule has 180 valence electrons. The van der Waals surface area contributed by atoms with Crippen LogP contribution >= 0.6 is 0 Å². The molecular weight excluding hydrogens is 419 g/mol. The van der Waals surface area contributed by atoms with Crippen molar-refractivity contribution < 1.29 is 22.7 Å². The summed E-state index contributed by atoms with van der Waals surface area (Å²) in [6.45, 7) is 6.09. The second-order valence-corrected chi connectivity index (χ2v) is 9.04. The van der Waals surface area contributed by atoms with Crippen molar-refractivity contribution in [1.82, 2.24) is 10.2 Å². The Morgan fingerprint density at radius 2 is 1.81 bits per heavy atom. The Morgan fingerprint density at radius 3 is 2.41 bits per heavy atom. The number of hydrogen-bond donors (Lipinski definition) is 1. The number of nitrogens with one attached hydrogen (secondary N) is 1. The molecule has 0 spiro atoms. The predicted molar refractivity (Wildman–Crippen MR) is 120 cm³/mol. The van der Waals surface area contributed by atoms with Gasteiger partial charge in [0.25, 0.3) is 0 Å². The van der Waals surface area contributed by atoms with Crippen LogP contribution in [0.2, 0.25) is 0 Å². The first kappa shape index (κ1) is 24.7. The van der Waals surface area contributed by atoms with Crippen molar-refractivity contribution in [3.05, 3.63) is 23.8 Å². The highest BCUT2D eigenvalue weighted by Crippen LogP contribution is 2.37. The molecule has 0 unspecified atom stereocenters. The van der Waals surface area contributed by atoms with E-state index in [0.717, 1.165) is 64.2 Å². The zero-order valence-electron chi connectivity index (χ0n) is 19.2. The molecule has 1 heterocycles. The number of methoxy groups -OCH3 is 1. The summed E-state index contributed by atoms with van der Waals surface area (Å²) in [4.78, 5) is 16.2. The average molecular weight is 456 g/mol. The Bertz CT molecular complexity index is 740. The van der Waals surface area contributed by atoms with Gasteiger partial charge in [0.05, 0.1) is 18.4 Å². The number of carbonyl (C=O) groups excluding carboxylic acids is 1. The molecule has 0 atom stereocenters. The Labute approximate surface area is 189 Å². The van der Waals surface area contributed by atoms with Crippen molar-refractivity contribution in [1.29, 1.82) is 0 Å². The van der Waals surface area contributed by atoms with E-state index >= 15 is 0 Å². The summed E-state index contributed by atoms with van der Waals surface area (Å²) in [5.74, 6) is 1.34. The van der Waals surface area contributed by atoms with E-state index in [1.165, 1.54) is 19.2 Å². The van der Waals surface area contributed by atoms with Gasteiger partial charge in [0, 0.05) is 38.6 Å². The van der Waals surface area contributed by atoms with Gasteiger partial charge in [0.2, 0.25) is 5.91 Å². The first-order valence-electron chi connectivity index (χ1n) is 11.8. The van der Waals surface area contributed by atoms with Gasteiger partial charge in [-0.2, -0.15) is 13.2 Å². The molecule has 0 radical (unpaired) electrons. The smallest absolute Gasteiger partial charge is 0.416 e. The lowest BCUT2D eigenvalue weighted by molar-refractivity contribution is -0.137. The standard InChI is InChI=1S/C24H36F3N3O2/c1-3-4-23(31)28-20-8-5-18(6-9-20)11-12-29-13-15-30(16-14-29)21-17-19(24(25,26)27)7-10-22(21)32-2/h7,10,17-18,20H,3-6,8-9,11-16H2,1-2H3,(H,28,31). The van der Waals surface area contributed by atoms with E-state index in [-0.39, 0.29) is 5.91 Å². The number of ether oxygens (including phenoxy) is 1. The van der Waals surface area contributed by atoms with Crippen molar-refractivity contribution in [3.8, 4) is 5.75 Å². The fourth-order valence-corrected chi connectivity index (χ4v) is 4.81. The summed E-state index contributed by atoms with van der Waals surface area (Å²) in [6.07, 6.45) is 2.69. The number of benzene rings is 1. The van der Waals surface area contributed by atoms with Crippen molar-refractivity contribution in [2.24, 2.45) is 5.92 Å². The number of alkyl halides is 3. The monoisotopic (exact) mass is 455 g/mol. The summed E-state index contributed by atoms with van der Waals surface area (Å²) < 4.78 is 44.7. The molecule has 8 heteroatoms. The molecule has 3 rings (SSSR count). The maximum Gasteiger partial charge on any atom is 0.416 e. The Hall–Kier alpha value is -1.96. The van der Waals surface area contributed by atoms with E-state index in [0.29, 0.717) is 42.9 Å². The van der Waals surface area contributed by atoms with Crippen molar-refractivity contribution in [2.75, 3.05) is 44.7 Å². The number of hydrogen-bond acceptors (Lipinski definition) is 4. The molecule has 5 nitrogen and oxygen atoms in total. The minimum absolute atomic E-state index is 0.172. The van der Waals surface area contributed by atoms with E-state index in [9.17, 15) is 18.0 Å². The van der Waals surface area contributed by atoms with E-state index < -0.39 is 11.7 Å². The molecular formula is C24H36F3N3O2. The van der Waals surface area contributed by atoms with Crippen LogP contribution in [0.25, 0.3) is 0 Å². The van der Waals surface area contributed by atoms with Gasteiger partial charge in [-0.1, -0.05) is 6.92 Å². The summed E-state index contributed by atoms with van der Waals surface area (Å²) in [5.41, 5.74) is -0.123. The number of piperazine rings is 1. The molecule has 1 aliphatic carbocycles. The van der Waals surface area contributed by atoms with E-state index in [4.69, 9.17) is 4.74 Å². The summed E-state index contributed by atoms with van der Waals surface area (Å²) in [5, 5.41) is 3.15. The van der Waals surface area contributed by atoms with Gasteiger partial charge in [-0.25, -0.2) is 0 Å². The van der Waals surface area contributed by atoms with E-state index in [2.05, 4.69) is 10.2 Å². The molecule has 1 N–H and O–H groups in total. The second kappa shape index (κ2) is 11.3. The van der Waals surface area contributed by atoms with Crippen LogP contribution in [-0.2, 0) is 11.0 Å². The van der Waals surface area contributed by atoms with E-state index in [1.54, 1.807) is 0 Å². The number of amides is 1. The number of halogens is 3. The molecule has 32 heavy (non-hydrogen) atoms. The van der Waals surface area contributed by atoms with Crippen LogP contribution in [0.3, 0.4) is 0 Å². The number of nitrogens with zero attached hydrogens (tertiary/aromatic N) is 2. The molecule has 2 aliphatic rings. The largest absolute Gasteiger partial charge is 0.495 e. The molecule has 1 aromatic rings. The average Bonchev–Trinajstić information content (AvgIpc) is 2.78. The molecule has 0 bridgehead atoms. The minimum Gasteiger partial charge on any atom is -0.495 e.